The minimum Gasteiger partial charge on any atom is -0.399 e. The number of hydrogen-bond acceptors (Lipinski definition) is 5. The minimum atomic E-state index is 0. The number of pyridine rings is 1. The fraction of sp³-hybridized carbons (Fsp3) is 0.400. The molecular weight excluding hydrogens is 397 g/mol. The number of piperazine rings is 1. The van der Waals surface area contributed by atoms with Crippen LogP contribution in [-0.4, -0.2) is 55.1 Å². The van der Waals surface area contributed by atoms with Crippen molar-refractivity contribution in [2.24, 2.45) is 0 Å². The predicted octanol–water partition coefficient (Wildman–Crippen LogP) is 2.38. The molecule has 1 aromatic heterocycles. The maximum absolute atomic E-state index is 12.0. The fourth-order valence-electron chi connectivity index (χ4n) is 3.12. The highest BCUT2D eigenvalue weighted by Crippen LogP contribution is 2.12. The molecular formula is C20H29Cl2N5O. The van der Waals surface area contributed by atoms with Gasteiger partial charge in [-0.1, -0.05) is 18.2 Å². The summed E-state index contributed by atoms with van der Waals surface area (Å²) in [5.74, 6) is 1.15. The number of nitrogen functional groups attached to an aromatic ring is 1. The van der Waals surface area contributed by atoms with Crippen molar-refractivity contribution in [1.82, 2.24) is 15.2 Å². The summed E-state index contributed by atoms with van der Waals surface area (Å²) in [7, 11) is 0. The van der Waals surface area contributed by atoms with E-state index >= 15 is 0 Å². The first-order valence-electron chi connectivity index (χ1n) is 9.20. The lowest BCUT2D eigenvalue weighted by molar-refractivity contribution is -0.121. The summed E-state index contributed by atoms with van der Waals surface area (Å²) in [5, 5.41) is 3.00. The van der Waals surface area contributed by atoms with Crippen LogP contribution in [0.3, 0.4) is 0 Å². The van der Waals surface area contributed by atoms with Crippen LogP contribution in [0.25, 0.3) is 0 Å². The van der Waals surface area contributed by atoms with Gasteiger partial charge in [0.1, 0.15) is 5.82 Å². The van der Waals surface area contributed by atoms with Crippen LogP contribution in [0.1, 0.15) is 12.0 Å². The SMILES string of the molecule is Cl.Cl.Nc1ccc(CCNC(=O)CCN2CCN(c3ccccn3)CC2)cc1. The van der Waals surface area contributed by atoms with E-state index in [4.69, 9.17) is 5.73 Å². The molecule has 0 unspecified atom stereocenters. The number of nitrogens with one attached hydrogen (secondary N) is 1. The number of amides is 1. The van der Waals surface area contributed by atoms with E-state index in [1.165, 1.54) is 5.56 Å². The van der Waals surface area contributed by atoms with Gasteiger partial charge < -0.3 is 16.0 Å². The van der Waals surface area contributed by atoms with Gasteiger partial charge in [-0.3, -0.25) is 9.69 Å². The Balaban J connectivity index is 0.00000196. The van der Waals surface area contributed by atoms with Crippen molar-refractivity contribution < 1.29 is 4.79 Å². The smallest absolute Gasteiger partial charge is 0.221 e. The molecule has 2 heterocycles. The van der Waals surface area contributed by atoms with Gasteiger partial charge in [-0.15, -0.1) is 24.8 Å². The molecule has 1 amide bonds. The summed E-state index contributed by atoms with van der Waals surface area (Å²) in [4.78, 5) is 21.1. The van der Waals surface area contributed by atoms with Gasteiger partial charge in [0.25, 0.3) is 0 Å². The second kappa shape index (κ2) is 12.4. The lowest BCUT2D eigenvalue weighted by Gasteiger charge is -2.35. The first-order valence-corrected chi connectivity index (χ1v) is 9.20. The Morgan fingerprint density at radius 3 is 2.39 bits per heavy atom. The van der Waals surface area contributed by atoms with Crippen LogP contribution in [0.4, 0.5) is 11.5 Å². The Kier molecular flexibility index (Phi) is 10.7. The van der Waals surface area contributed by atoms with E-state index in [0.29, 0.717) is 13.0 Å². The van der Waals surface area contributed by atoms with E-state index < -0.39 is 0 Å². The summed E-state index contributed by atoms with van der Waals surface area (Å²) >= 11 is 0. The summed E-state index contributed by atoms with van der Waals surface area (Å²) in [6.07, 6.45) is 3.20. The van der Waals surface area contributed by atoms with Gasteiger partial charge in [-0.2, -0.15) is 0 Å². The van der Waals surface area contributed by atoms with E-state index in [2.05, 4.69) is 20.1 Å². The largest absolute Gasteiger partial charge is 0.399 e. The number of hydrogen-bond donors (Lipinski definition) is 2. The van der Waals surface area contributed by atoms with Crippen molar-refractivity contribution >= 4 is 42.2 Å². The third kappa shape index (κ3) is 7.54. The Bertz CT molecular complexity index is 692. The summed E-state index contributed by atoms with van der Waals surface area (Å²) in [5.41, 5.74) is 7.62. The first kappa shape index (κ1) is 24.0. The maximum Gasteiger partial charge on any atom is 0.221 e. The van der Waals surface area contributed by atoms with Crippen molar-refractivity contribution in [3.63, 3.8) is 0 Å². The van der Waals surface area contributed by atoms with Gasteiger partial charge >= 0.3 is 0 Å². The van der Waals surface area contributed by atoms with Crippen molar-refractivity contribution in [3.8, 4) is 0 Å². The van der Waals surface area contributed by atoms with Crippen LogP contribution >= 0.6 is 24.8 Å². The third-order valence-corrected chi connectivity index (χ3v) is 4.72. The molecule has 1 aliphatic rings. The molecule has 0 atom stereocenters. The lowest BCUT2D eigenvalue weighted by Crippen LogP contribution is -2.47. The van der Waals surface area contributed by atoms with Crippen LogP contribution in [-0.2, 0) is 11.2 Å². The molecule has 1 fully saturated rings. The molecule has 0 aliphatic carbocycles. The van der Waals surface area contributed by atoms with E-state index in [-0.39, 0.29) is 30.7 Å². The lowest BCUT2D eigenvalue weighted by atomic mass is 10.1. The van der Waals surface area contributed by atoms with Crippen LogP contribution in [0.5, 0.6) is 0 Å². The monoisotopic (exact) mass is 425 g/mol. The zero-order valence-electron chi connectivity index (χ0n) is 15.9. The number of rotatable bonds is 7. The van der Waals surface area contributed by atoms with E-state index in [1.807, 2.05) is 48.7 Å². The fourth-order valence-corrected chi connectivity index (χ4v) is 3.12. The van der Waals surface area contributed by atoms with Gasteiger partial charge in [-0.05, 0) is 36.2 Å². The first-order chi connectivity index (χ1) is 12.7. The zero-order valence-corrected chi connectivity index (χ0v) is 17.6. The molecule has 1 saturated heterocycles. The Hall–Kier alpha value is -2.02. The van der Waals surface area contributed by atoms with Crippen molar-refractivity contribution in [2.45, 2.75) is 12.8 Å². The molecule has 28 heavy (non-hydrogen) atoms. The Labute approximate surface area is 179 Å². The molecule has 0 saturated carbocycles. The number of aromatic nitrogens is 1. The number of benzene rings is 1. The maximum atomic E-state index is 12.0. The van der Waals surface area contributed by atoms with Crippen molar-refractivity contribution in [1.29, 1.82) is 0 Å². The number of halogens is 2. The summed E-state index contributed by atoms with van der Waals surface area (Å²) < 4.78 is 0. The van der Waals surface area contributed by atoms with Gasteiger partial charge in [-0.25, -0.2) is 4.98 Å². The topological polar surface area (TPSA) is 74.5 Å². The molecule has 8 heteroatoms. The summed E-state index contributed by atoms with van der Waals surface area (Å²) in [6.45, 7) is 5.32. The summed E-state index contributed by atoms with van der Waals surface area (Å²) in [6, 6.07) is 13.8. The molecule has 2 aromatic rings. The number of nitrogens with zero attached hydrogens (tertiary/aromatic N) is 3. The minimum absolute atomic E-state index is 0. The molecule has 0 radical (unpaired) electrons. The van der Waals surface area contributed by atoms with E-state index in [1.54, 1.807) is 0 Å². The van der Waals surface area contributed by atoms with Gasteiger partial charge in [0.05, 0.1) is 0 Å². The number of nitrogens with two attached hydrogens (primary N) is 1. The zero-order chi connectivity index (χ0) is 18.2. The van der Waals surface area contributed by atoms with Crippen LogP contribution in [0.2, 0.25) is 0 Å². The second-order valence-electron chi connectivity index (χ2n) is 6.61. The molecule has 3 N–H and O–H groups in total. The molecule has 154 valence electrons. The molecule has 6 nitrogen and oxygen atoms in total. The second-order valence-corrected chi connectivity index (χ2v) is 6.61. The molecule has 1 aliphatic heterocycles. The average molecular weight is 426 g/mol. The van der Waals surface area contributed by atoms with Gasteiger partial charge in [0.2, 0.25) is 5.91 Å². The van der Waals surface area contributed by atoms with Gasteiger partial charge in [0.15, 0.2) is 0 Å². The van der Waals surface area contributed by atoms with Crippen molar-refractivity contribution in [3.05, 3.63) is 54.2 Å². The van der Waals surface area contributed by atoms with Gasteiger partial charge in [0, 0.05) is 57.6 Å². The molecule has 3 rings (SSSR count). The number of anilines is 2. The van der Waals surface area contributed by atoms with Crippen molar-refractivity contribution in [2.75, 3.05) is 49.9 Å². The highest BCUT2D eigenvalue weighted by atomic mass is 35.5. The molecule has 0 spiro atoms. The molecule has 1 aromatic carbocycles. The highest BCUT2D eigenvalue weighted by molar-refractivity contribution is 5.85. The average Bonchev–Trinajstić information content (AvgIpc) is 2.69. The number of carbonyl (C=O) groups is 1. The normalized spacial score (nSPS) is 13.9. The number of carbonyl (C=O) groups excluding carboxylic acids is 1. The highest BCUT2D eigenvalue weighted by Gasteiger charge is 2.18. The van der Waals surface area contributed by atoms with E-state index in [9.17, 15) is 4.79 Å². The molecule has 0 bridgehead atoms. The van der Waals surface area contributed by atoms with Crippen LogP contribution < -0.4 is 16.0 Å². The van der Waals surface area contributed by atoms with E-state index in [0.717, 1.165) is 50.6 Å². The Morgan fingerprint density at radius 1 is 1.04 bits per heavy atom. The van der Waals surface area contributed by atoms with Crippen LogP contribution in [0.15, 0.2) is 48.7 Å². The Morgan fingerprint density at radius 2 is 1.75 bits per heavy atom. The predicted molar refractivity (Wildman–Crippen MR) is 120 cm³/mol. The van der Waals surface area contributed by atoms with Crippen LogP contribution in [0, 0.1) is 0 Å². The third-order valence-electron chi connectivity index (χ3n) is 4.72. The quantitative estimate of drug-likeness (QED) is 0.665. The standard InChI is InChI=1S/C20H27N5O.2ClH/c21-18-6-4-17(5-7-18)8-11-23-20(26)9-12-24-13-15-25(16-14-24)19-3-1-2-10-22-19;;/h1-7,10H,8-9,11-16,21H2,(H,23,26);2*1H.